The zero-order valence-corrected chi connectivity index (χ0v) is 21.9. The molecule has 8 nitrogen and oxygen atoms in total. The lowest BCUT2D eigenvalue weighted by molar-refractivity contribution is -0.144. The van der Waals surface area contributed by atoms with E-state index in [1.54, 1.807) is 7.11 Å². The minimum atomic E-state index is -0.395. The molecule has 4 aromatic rings. The van der Waals surface area contributed by atoms with E-state index in [2.05, 4.69) is 51.2 Å². The molecule has 2 aliphatic heterocycles. The van der Waals surface area contributed by atoms with Gasteiger partial charge < -0.3 is 19.2 Å². The van der Waals surface area contributed by atoms with Crippen LogP contribution in [0.3, 0.4) is 0 Å². The number of fused-ring (bicyclic) bond motifs is 3. The van der Waals surface area contributed by atoms with Gasteiger partial charge in [0, 0.05) is 28.5 Å². The van der Waals surface area contributed by atoms with Gasteiger partial charge in [0.05, 0.1) is 26.3 Å². The summed E-state index contributed by atoms with van der Waals surface area (Å²) in [5.74, 6) is 1.81. The molecule has 6 rings (SSSR count). The summed E-state index contributed by atoms with van der Waals surface area (Å²) < 4.78 is 16.7. The van der Waals surface area contributed by atoms with Crippen molar-refractivity contribution in [3.8, 4) is 17.2 Å². The minimum Gasteiger partial charge on any atom is -0.496 e. The topological polar surface area (TPSA) is 98.5 Å². The standard InChI is InChI=1S/C29H28N4O4S/c1-35-24-13-12-18(14-19(24)16-38-29-33-32-27(37-29)17-8-4-3-5-9-17)25-26-21(15-23(31-25)28(34)36-2)20-10-6-7-11-22(20)30-26/h3-14,21,23,25-26,30-31H,15-16H2,1-2H3/t21-,23+,25+,26+/m0/s1. The average molecular weight is 529 g/mol. The number of nitrogens with one attached hydrogen (secondary N) is 2. The van der Waals surface area contributed by atoms with E-state index in [4.69, 9.17) is 13.9 Å². The number of para-hydroxylation sites is 1. The van der Waals surface area contributed by atoms with Crippen LogP contribution in [0.1, 0.15) is 35.1 Å². The molecule has 1 aromatic heterocycles. The van der Waals surface area contributed by atoms with E-state index in [1.165, 1.54) is 24.4 Å². The maximum Gasteiger partial charge on any atom is 0.322 e. The number of methoxy groups -OCH3 is 2. The molecule has 3 heterocycles. The third-order valence-corrected chi connectivity index (χ3v) is 8.14. The molecular weight excluding hydrogens is 500 g/mol. The second kappa shape index (κ2) is 10.5. The summed E-state index contributed by atoms with van der Waals surface area (Å²) in [6.07, 6.45) is 0.678. The molecule has 3 aromatic carbocycles. The zero-order chi connectivity index (χ0) is 26.1. The van der Waals surface area contributed by atoms with Gasteiger partial charge >= 0.3 is 5.97 Å². The van der Waals surface area contributed by atoms with E-state index in [0.717, 1.165) is 28.1 Å². The molecule has 1 saturated heterocycles. The van der Waals surface area contributed by atoms with E-state index in [1.807, 2.05) is 42.5 Å². The van der Waals surface area contributed by atoms with Crippen molar-refractivity contribution in [2.45, 2.75) is 41.4 Å². The molecule has 194 valence electrons. The minimum absolute atomic E-state index is 0.103. The summed E-state index contributed by atoms with van der Waals surface area (Å²) >= 11 is 1.46. The second-order valence-electron chi connectivity index (χ2n) is 9.42. The van der Waals surface area contributed by atoms with Crippen molar-refractivity contribution in [1.29, 1.82) is 0 Å². The predicted octanol–water partition coefficient (Wildman–Crippen LogP) is 5.19. The number of thioether (sulfide) groups is 1. The number of nitrogens with zero attached hydrogens (tertiary/aromatic N) is 2. The number of ether oxygens (including phenoxy) is 2. The summed E-state index contributed by atoms with van der Waals surface area (Å²) in [5.41, 5.74) is 5.32. The summed E-state index contributed by atoms with van der Waals surface area (Å²) in [4.78, 5) is 12.6. The van der Waals surface area contributed by atoms with Crippen LogP contribution < -0.4 is 15.4 Å². The quantitative estimate of drug-likeness (QED) is 0.248. The fourth-order valence-electron chi connectivity index (χ4n) is 5.48. The first-order valence-electron chi connectivity index (χ1n) is 12.5. The van der Waals surface area contributed by atoms with Gasteiger partial charge in [0.15, 0.2) is 0 Å². The van der Waals surface area contributed by atoms with Gasteiger partial charge in [0.25, 0.3) is 5.22 Å². The molecule has 0 saturated carbocycles. The Labute approximate surface area is 225 Å². The molecule has 9 heteroatoms. The molecule has 0 bridgehead atoms. The van der Waals surface area contributed by atoms with Gasteiger partial charge in [-0.2, -0.15) is 0 Å². The largest absolute Gasteiger partial charge is 0.496 e. The van der Waals surface area contributed by atoms with Crippen LogP contribution in [0.5, 0.6) is 5.75 Å². The van der Waals surface area contributed by atoms with E-state index in [9.17, 15) is 4.79 Å². The van der Waals surface area contributed by atoms with Crippen LogP contribution >= 0.6 is 11.8 Å². The van der Waals surface area contributed by atoms with Crippen LogP contribution in [-0.4, -0.2) is 42.5 Å². The first-order valence-corrected chi connectivity index (χ1v) is 13.5. The van der Waals surface area contributed by atoms with E-state index >= 15 is 0 Å². The maximum atomic E-state index is 12.6. The summed E-state index contributed by atoms with van der Waals surface area (Å²) in [7, 11) is 3.11. The molecule has 0 unspecified atom stereocenters. The normalized spacial score (nSPS) is 21.7. The summed E-state index contributed by atoms with van der Waals surface area (Å²) in [6.45, 7) is 0. The second-order valence-corrected chi connectivity index (χ2v) is 10.3. The first kappa shape index (κ1) is 24.5. The van der Waals surface area contributed by atoms with Crippen molar-refractivity contribution < 1.29 is 18.7 Å². The number of aromatic nitrogens is 2. The fourth-order valence-corrected chi connectivity index (χ4v) is 6.22. The average Bonchev–Trinajstić information content (AvgIpc) is 3.60. The highest BCUT2D eigenvalue weighted by Crippen LogP contribution is 2.46. The van der Waals surface area contributed by atoms with Gasteiger partial charge in [-0.1, -0.05) is 54.2 Å². The van der Waals surface area contributed by atoms with E-state index < -0.39 is 6.04 Å². The number of anilines is 1. The lowest BCUT2D eigenvalue weighted by Crippen LogP contribution is -2.52. The van der Waals surface area contributed by atoms with Crippen LogP contribution in [0.25, 0.3) is 11.5 Å². The number of carbonyl (C=O) groups is 1. The molecule has 0 radical (unpaired) electrons. The van der Waals surface area contributed by atoms with Crippen molar-refractivity contribution in [3.05, 3.63) is 89.5 Å². The van der Waals surface area contributed by atoms with Crippen molar-refractivity contribution in [2.75, 3.05) is 19.5 Å². The number of rotatable bonds is 7. The number of piperidine rings is 1. The van der Waals surface area contributed by atoms with Crippen molar-refractivity contribution >= 4 is 23.4 Å². The Balaban J connectivity index is 1.26. The Hall–Kier alpha value is -3.82. The number of hydrogen-bond donors (Lipinski definition) is 2. The molecule has 0 amide bonds. The number of hydrogen-bond acceptors (Lipinski definition) is 9. The van der Waals surface area contributed by atoms with Crippen molar-refractivity contribution in [1.82, 2.24) is 15.5 Å². The smallest absolute Gasteiger partial charge is 0.322 e. The van der Waals surface area contributed by atoms with Gasteiger partial charge in [-0.25, -0.2) is 0 Å². The molecule has 2 N–H and O–H groups in total. The Morgan fingerprint density at radius 3 is 2.68 bits per heavy atom. The molecule has 1 fully saturated rings. The Morgan fingerprint density at radius 1 is 1.05 bits per heavy atom. The lowest BCUT2D eigenvalue weighted by atomic mass is 9.79. The molecular formula is C29H28N4O4S. The summed E-state index contributed by atoms with van der Waals surface area (Å²) in [6, 6.07) is 23.8. The van der Waals surface area contributed by atoms with Gasteiger partial charge in [-0.3, -0.25) is 10.1 Å². The van der Waals surface area contributed by atoms with Gasteiger partial charge in [0.1, 0.15) is 11.8 Å². The number of esters is 1. The lowest BCUT2D eigenvalue weighted by Gasteiger charge is -2.39. The zero-order valence-electron chi connectivity index (χ0n) is 21.1. The van der Waals surface area contributed by atoms with E-state index in [-0.39, 0.29) is 24.0 Å². The van der Waals surface area contributed by atoms with Gasteiger partial charge in [-0.05, 0) is 47.9 Å². The summed E-state index contributed by atoms with van der Waals surface area (Å²) in [5, 5.41) is 16.2. The molecule has 0 spiro atoms. The van der Waals surface area contributed by atoms with Crippen molar-refractivity contribution in [2.24, 2.45) is 0 Å². The molecule has 4 atom stereocenters. The van der Waals surface area contributed by atoms with Gasteiger partial charge in [0.2, 0.25) is 5.89 Å². The van der Waals surface area contributed by atoms with Crippen LogP contribution in [0.2, 0.25) is 0 Å². The predicted molar refractivity (Wildman–Crippen MR) is 145 cm³/mol. The van der Waals surface area contributed by atoms with Gasteiger partial charge in [-0.15, -0.1) is 10.2 Å². The first-order chi connectivity index (χ1) is 18.6. The van der Waals surface area contributed by atoms with E-state index in [0.29, 0.717) is 23.3 Å². The highest BCUT2D eigenvalue weighted by atomic mass is 32.2. The highest BCUT2D eigenvalue weighted by Gasteiger charge is 2.45. The number of benzene rings is 3. The molecule has 2 aliphatic rings. The van der Waals surface area contributed by atoms with Crippen molar-refractivity contribution in [3.63, 3.8) is 0 Å². The Morgan fingerprint density at radius 2 is 1.87 bits per heavy atom. The number of carbonyl (C=O) groups excluding carboxylic acids is 1. The van der Waals surface area contributed by atoms with Crippen LogP contribution in [0.4, 0.5) is 5.69 Å². The van der Waals surface area contributed by atoms with Crippen LogP contribution in [-0.2, 0) is 15.3 Å². The highest BCUT2D eigenvalue weighted by molar-refractivity contribution is 7.98. The fraction of sp³-hybridized carbons (Fsp3) is 0.276. The third-order valence-electron chi connectivity index (χ3n) is 7.27. The molecule has 0 aliphatic carbocycles. The van der Waals surface area contributed by atoms with Crippen LogP contribution in [0.15, 0.2) is 82.4 Å². The Kier molecular flexibility index (Phi) is 6.78. The SMILES string of the molecule is COC(=O)[C@H]1C[C@H]2c3ccccc3N[C@H]2[C@@H](c2ccc(OC)c(CSc3nnc(-c4ccccc4)o3)c2)N1. The maximum absolute atomic E-state index is 12.6. The monoisotopic (exact) mass is 528 g/mol. The third kappa shape index (κ3) is 4.63. The Bertz CT molecular complexity index is 1440. The molecule has 38 heavy (non-hydrogen) atoms. The van der Waals surface area contributed by atoms with Crippen LogP contribution in [0, 0.1) is 0 Å².